The summed E-state index contributed by atoms with van der Waals surface area (Å²) in [6.07, 6.45) is 1.41. The lowest BCUT2D eigenvalue weighted by atomic mass is 10.1. The lowest BCUT2D eigenvalue weighted by Crippen LogP contribution is -2.16. The first-order chi connectivity index (χ1) is 16.3. The topological polar surface area (TPSA) is 93.8 Å². The van der Waals surface area contributed by atoms with Gasteiger partial charge in [0.15, 0.2) is 5.75 Å². The Hall–Kier alpha value is -3.46. The van der Waals surface area contributed by atoms with Crippen molar-refractivity contribution in [1.82, 2.24) is 5.43 Å². The second-order valence-corrected chi connectivity index (χ2v) is 9.28. The number of carbonyl (C=O) groups is 1. The molecular weight excluding hydrogens is 497 g/mol. The lowest BCUT2D eigenvalue weighted by molar-refractivity contribution is -0.384. The van der Waals surface area contributed by atoms with E-state index < -0.39 is 10.8 Å². The Labute approximate surface area is 208 Å². The summed E-state index contributed by atoms with van der Waals surface area (Å²) in [6.45, 7) is 2.33. The summed E-state index contributed by atoms with van der Waals surface area (Å²) >= 11 is 13.9. The van der Waals surface area contributed by atoms with E-state index in [-0.39, 0.29) is 5.69 Å². The summed E-state index contributed by atoms with van der Waals surface area (Å²) in [4.78, 5) is 23.3. The first-order valence-electron chi connectivity index (χ1n) is 9.99. The number of amides is 1. The van der Waals surface area contributed by atoms with Crippen LogP contribution in [0.25, 0.3) is 10.1 Å². The van der Waals surface area contributed by atoms with Crippen molar-refractivity contribution >= 4 is 62.4 Å². The normalized spacial score (nSPS) is 11.1. The molecule has 0 atom stereocenters. The van der Waals surface area contributed by atoms with Gasteiger partial charge in [-0.3, -0.25) is 14.9 Å². The molecule has 0 radical (unpaired) electrons. The maximum Gasteiger partial charge on any atom is 0.281 e. The Morgan fingerprint density at radius 3 is 2.62 bits per heavy atom. The van der Waals surface area contributed by atoms with Gasteiger partial charge < -0.3 is 4.74 Å². The molecule has 4 rings (SSSR count). The van der Waals surface area contributed by atoms with E-state index in [4.69, 9.17) is 27.9 Å². The second kappa shape index (κ2) is 10.2. The largest absolute Gasteiger partial charge is 0.486 e. The van der Waals surface area contributed by atoms with Gasteiger partial charge in [0, 0.05) is 22.2 Å². The van der Waals surface area contributed by atoms with Crippen LogP contribution in [0.5, 0.6) is 5.75 Å². The maximum absolute atomic E-state index is 12.4. The second-order valence-electron chi connectivity index (χ2n) is 7.38. The quantitative estimate of drug-likeness (QED) is 0.167. The van der Waals surface area contributed by atoms with Crippen molar-refractivity contribution in [3.8, 4) is 5.75 Å². The number of nitrogens with zero attached hydrogens (tertiary/aromatic N) is 2. The van der Waals surface area contributed by atoms with Crippen LogP contribution in [-0.4, -0.2) is 17.0 Å². The Morgan fingerprint density at radius 2 is 1.91 bits per heavy atom. The zero-order valence-corrected chi connectivity index (χ0v) is 20.1. The average molecular weight is 514 g/mol. The van der Waals surface area contributed by atoms with Crippen molar-refractivity contribution in [3.05, 3.63) is 102 Å². The molecular formula is C24H17Cl2N3O4S. The first-order valence-corrected chi connectivity index (χ1v) is 11.6. The molecule has 0 aliphatic rings. The van der Waals surface area contributed by atoms with Crippen LogP contribution in [0.15, 0.2) is 65.8 Å². The monoisotopic (exact) mass is 513 g/mol. The Balaban J connectivity index is 1.41. The van der Waals surface area contributed by atoms with Crippen molar-refractivity contribution in [2.45, 2.75) is 13.5 Å². The van der Waals surface area contributed by atoms with Gasteiger partial charge in [-0.1, -0.05) is 53.0 Å². The van der Waals surface area contributed by atoms with Gasteiger partial charge in [-0.2, -0.15) is 5.10 Å². The number of hydrogen-bond acceptors (Lipinski definition) is 6. The molecule has 0 aliphatic carbocycles. The smallest absolute Gasteiger partial charge is 0.281 e. The molecule has 0 unspecified atom stereocenters. The van der Waals surface area contributed by atoms with Gasteiger partial charge in [0.25, 0.3) is 11.6 Å². The molecule has 0 spiro atoms. The zero-order chi connectivity index (χ0) is 24.2. The van der Waals surface area contributed by atoms with Crippen LogP contribution in [0, 0.1) is 17.0 Å². The molecule has 4 aromatic rings. The van der Waals surface area contributed by atoms with E-state index in [1.54, 1.807) is 24.3 Å². The number of rotatable bonds is 7. The van der Waals surface area contributed by atoms with E-state index in [0.29, 0.717) is 38.2 Å². The molecule has 1 heterocycles. The number of aryl methyl sites for hydroxylation is 1. The van der Waals surface area contributed by atoms with Crippen LogP contribution >= 0.6 is 34.5 Å². The predicted octanol–water partition coefficient (Wildman–Crippen LogP) is 6.77. The van der Waals surface area contributed by atoms with E-state index in [1.807, 2.05) is 31.2 Å². The summed E-state index contributed by atoms with van der Waals surface area (Å²) in [5.74, 6) is -0.0687. The molecule has 1 amide bonds. The fraction of sp³-hybridized carbons (Fsp3) is 0.0833. The number of hydrogen-bond donors (Lipinski definition) is 1. The third kappa shape index (κ3) is 5.53. The standard InChI is InChI=1S/C24H17Cl2N3O4S/c1-14-3-2-4-15(7-14)13-33-23-19(25)8-16(9-20(23)26)12-27-28-24(30)22-11-17-10-18(29(31)32)5-6-21(17)34-22/h2-12H,13H2,1H3,(H,28,30)/b27-12-. The SMILES string of the molecule is Cc1cccc(COc2c(Cl)cc(/C=N\NC(=O)c3cc4cc([N+](=O)[O-])ccc4s3)cc2Cl)c1. The average Bonchev–Trinajstić information content (AvgIpc) is 3.22. The van der Waals surface area contributed by atoms with E-state index in [2.05, 4.69) is 10.5 Å². The number of non-ortho nitro benzene ring substituents is 1. The fourth-order valence-corrected chi connectivity index (χ4v) is 4.77. The van der Waals surface area contributed by atoms with Gasteiger partial charge in [-0.25, -0.2) is 5.43 Å². The van der Waals surface area contributed by atoms with Gasteiger partial charge in [-0.05, 0) is 42.3 Å². The number of benzene rings is 3. The first kappa shape index (κ1) is 23.7. The van der Waals surface area contributed by atoms with Gasteiger partial charge in [0.1, 0.15) is 6.61 Å². The van der Waals surface area contributed by atoms with E-state index >= 15 is 0 Å². The lowest BCUT2D eigenvalue weighted by Gasteiger charge is -2.11. The van der Waals surface area contributed by atoms with Crippen LogP contribution < -0.4 is 10.2 Å². The Morgan fingerprint density at radius 1 is 1.15 bits per heavy atom. The minimum Gasteiger partial charge on any atom is -0.486 e. The number of fused-ring (bicyclic) bond motifs is 1. The van der Waals surface area contributed by atoms with E-state index in [9.17, 15) is 14.9 Å². The number of thiophene rings is 1. The third-order valence-electron chi connectivity index (χ3n) is 4.80. The molecule has 1 N–H and O–H groups in total. The van der Waals surface area contributed by atoms with Crippen LogP contribution in [0.1, 0.15) is 26.4 Å². The van der Waals surface area contributed by atoms with Crippen LogP contribution in [0.4, 0.5) is 5.69 Å². The number of halogens is 2. The van der Waals surface area contributed by atoms with Crippen LogP contribution in [-0.2, 0) is 6.61 Å². The van der Waals surface area contributed by atoms with Crippen molar-refractivity contribution in [1.29, 1.82) is 0 Å². The molecule has 3 aromatic carbocycles. The summed E-state index contributed by atoms with van der Waals surface area (Å²) < 4.78 is 6.56. The number of nitrogens with one attached hydrogen (secondary N) is 1. The number of hydrazone groups is 1. The van der Waals surface area contributed by atoms with Crippen molar-refractivity contribution in [2.75, 3.05) is 0 Å². The van der Waals surface area contributed by atoms with Gasteiger partial charge in [0.05, 0.1) is 26.1 Å². The molecule has 0 bridgehead atoms. The summed E-state index contributed by atoms with van der Waals surface area (Å²) in [6, 6.07) is 17.2. The fourth-order valence-electron chi connectivity index (χ4n) is 3.23. The molecule has 10 heteroatoms. The molecule has 0 fully saturated rings. The number of carbonyl (C=O) groups excluding carboxylic acids is 1. The molecule has 1 aromatic heterocycles. The summed E-state index contributed by atoms with van der Waals surface area (Å²) in [5.41, 5.74) is 5.11. The van der Waals surface area contributed by atoms with Crippen molar-refractivity contribution < 1.29 is 14.5 Å². The molecule has 0 saturated heterocycles. The highest BCUT2D eigenvalue weighted by molar-refractivity contribution is 7.20. The molecule has 7 nitrogen and oxygen atoms in total. The highest BCUT2D eigenvalue weighted by Gasteiger charge is 2.13. The highest BCUT2D eigenvalue weighted by atomic mass is 35.5. The van der Waals surface area contributed by atoms with Crippen LogP contribution in [0.3, 0.4) is 0 Å². The number of nitro groups is 1. The maximum atomic E-state index is 12.4. The van der Waals surface area contributed by atoms with Gasteiger partial charge in [0.2, 0.25) is 0 Å². The minimum absolute atomic E-state index is 0.0321. The molecule has 34 heavy (non-hydrogen) atoms. The molecule has 0 saturated carbocycles. The van der Waals surface area contributed by atoms with Crippen molar-refractivity contribution in [3.63, 3.8) is 0 Å². The third-order valence-corrected chi connectivity index (χ3v) is 6.48. The number of ether oxygens (including phenoxy) is 1. The van der Waals surface area contributed by atoms with Crippen LogP contribution in [0.2, 0.25) is 10.0 Å². The Bertz CT molecular complexity index is 1410. The zero-order valence-electron chi connectivity index (χ0n) is 17.7. The number of nitro benzene ring substituents is 1. The molecule has 0 aliphatic heterocycles. The van der Waals surface area contributed by atoms with E-state index in [0.717, 1.165) is 15.8 Å². The minimum atomic E-state index is -0.476. The van der Waals surface area contributed by atoms with Crippen molar-refractivity contribution in [2.24, 2.45) is 5.10 Å². The van der Waals surface area contributed by atoms with Gasteiger partial charge in [-0.15, -0.1) is 11.3 Å². The molecule has 172 valence electrons. The van der Waals surface area contributed by atoms with E-state index in [1.165, 1.54) is 29.7 Å². The summed E-state index contributed by atoms with van der Waals surface area (Å²) in [7, 11) is 0. The predicted molar refractivity (Wildman–Crippen MR) is 136 cm³/mol. The Kier molecular flexibility index (Phi) is 7.12. The summed E-state index contributed by atoms with van der Waals surface area (Å²) in [5, 5.41) is 16.1. The highest BCUT2D eigenvalue weighted by Crippen LogP contribution is 2.34. The van der Waals surface area contributed by atoms with Gasteiger partial charge >= 0.3 is 0 Å².